The smallest absolute Gasteiger partial charge is 0.327 e. The van der Waals surface area contributed by atoms with Crippen molar-refractivity contribution in [3.8, 4) is 0 Å². The van der Waals surface area contributed by atoms with Gasteiger partial charge < -0.3 is 14.9 Å². The molecule has 0 aliphatic carbocycles. The van der Waals surface area contributed by atoms with Gasteiger partial charge in [0.2, 0.25) is 5.91 Å². The third-order valence-electron chi connectivity index (χ3n) is 3.89. The highest BCUT2D eigenvalue weighted by Crippen LogP contribution is 2.29. The Morgan fingerprint density at radius 1 is 1.29 bits per heavy atom. The first kappa shape index (κ1) is 15.9. The lowest BCUT2D eigenvalue weighted by Gasteiger charge is -2.30. The average Bonchev–Trinajstić information content (AvgIpc) is 3.06. The fourth-order valence-electron chi connectivity index (χ4n) is 2.66. The van der Waals surface area contributed by atoms with Crippen molar-refractivity contribution in [2.75, 3.05) is 32.4 Å². The van der Waals surface area contributed by atoms with Crippen LogP contribution < -0.4 is 0 Å². The number of hydrogen-bond acceptors (Lipinski definition) is 4. The topological polar surface area (TPSA) is 81.2 Å². The number of rotatable bonds is 3. The van der Waals surface area contributed by atoms with Crippen molar-refractivity contribution in [1.29, 1.82) is 0 Å². The van der Waals surface area contributed by atoms with E-state index in [2.05, 4.69) is 0 Å². The van der Waals surface area contributed by atoms with Crippen LogP contribution in [0.15, 0.2) is 0 Å². The quantitative estimate of drug-likeness (QED) is 0.820. The molecular weight excluding hydrogens is 294 g/mol. The van der Waals surface area contributed by atoms with Crippen LogP contribution in [0.2, 0.25) is 0 Å². The molecule has 3 amide bonds. The Kier molecular flexibility index (Phi) is 4.97. The molecule has 1 N–H and O–H groups in total. The second-order valence-electron chi connectivity index (χ2n) is 5.42. The second-order valence-corrected chi connectivity index (χ2v) is 6.77. The summed E-state index contributed by atoms with van der Waals surface area (Å²) in [5.41, 5.74) is 0. The summed E-state index contributed by atoms with van der Waals surface area (Å²) in [6.07, 6.45) is 2.01. The molecule has 2 atom stereocenters. The van der Waals surface area contributed by atoms with Crippen LogP contribution in [0.4, 0.5) is 4.79 Å². The number of carbonyl (C=O) groups is 3. The van der Waals surface area contributed by atoms with Crippen LogP contribution >= 0.6 is 11.8 Å². The van der Waals surface area contributed by atoms with Crippen LogP contribution in [0, 0.1) is 0 Å². The molecule has 0 radical (unpaired) electrons. The lowest BCUT2D eigenvalue weighted by atomic mass is 10.3. The van der Waals surface area contributed by atoms with Crippen LogP contribution in [0.1, 0.15) is 19.8 Å². The summed E-state index contributed by atoms with van der Waals surface area (Å²) >= 11 is 1.43. The fraction of sp³-hybridized carbons (Fsp3) is 0.769. The molecule has 2 aliphatic rings. The van der Waals surface area contributed by atoms with E-state index in [0.717, 1.165) is 25.9 Å². The predicted molar refractivity (Wildman–Crippen MR) is 79.0 cm³/mol. The zero-order valence-electron chi connectivity index (χ0n) is 12.3. The minimum atomic E-state index is -1.00. The lowest BCUT2D eigenvalue weighted by Crippen LogP contribution is -2.52. The Balaban J connectivity index is 1.97. The molecule has 2 rings (SSSR count). The van der Waals surface area contributed by atoms with Gasteiger partial charge >= 0.3 is 12.0 Å². The molecule has 0 bridgehead atoms. The Hall–Kier alpha value is -1.44. The van der Waals surface area contributed by atoms with Crippen molar-refractivity contribution in [3.63, 3.8) is 0 Å². The van der Waals surface area contributed by atoms with Crippen molar-refractivity contribution >= 4 is 29.7 Å². The van der Waals surface area contributed by atoms with Gasteiger partial charge in [-0.25, -0.2) is 9.59 Å². The van der Waals surface area contributed by atoms with Gasteiger partial charge in [0, 0.05) is 25.9 Å². The minimum Gasteiger partial charge on any atom is -0.480 e. The van der Waals surface area contributed by atoms with Gasteiger partial charge in [0.25, 0.3) is 0 Å². The molecule has 2 aliphatic heterocycles. The predicted octanol–water partition coefficient (Wildman–Crippen LogP) is 0.509. The highest BCUT2D eigenvalue weighted by molar-refractivity contribution is 8.00. The molecule has 0 aromatic carbocycles. The monoisotopic (exact) mass is 315 g/mol. The number of hydrogen-bond donors (Lipinski definition) is 1. The lowest BCUT2D eigenvalue weighted by molar-refractivity contribution is -0.141. The second kappa shape index (κ2) is 6.55. The molecule has 118 valence electrons. The number of likely N-dealkylation sites (tertiary alicyclic amines) is 1. The SMILES string of the molecule is CC1SCC(C(=O)O)N1C(=O)N(C)CC(=O)N1CCCC1. The van der Waals surface area contributed by atoms with Gasteiger partial charge in [0.05, 0.1) is 5.37 Å². The van der Waals surface area contributed by atoms with E-state index < -0.39 is 18.0 Å². The Morgan fingerprint density at radius 2 is 1.90 bits per heavy atom. The van der Waals surface area contributed by atoms with E-state index in [1.54, 1.807) is 11.9 Å². The highest BCUT2D eigenvalue weighted by atomic mass is 32.2. The summed E-state index contributed by atoms with van der Waals surface area (Å²) in [5.74, 6) is -0.690. The molecular formula is C13H21N3O4S. The molecule has 0 aromatic rings. The standard InChI is InChI=1S/C13H21N3O4S/c1-9-16(10(8-21-9)12(18)19)13(20)14(2)7-11(17)15-5-3-4-6-15/h9-10H,3-8H2,1-2H3,(H,18,19). The Morgan fingerprint density at radius 3 is 2.48 bits per heavy atom. The summed E-state index contributed by atoms with van der Waals surface area (Å²) in [4.78, 5) is 40.1. The van der Waals surface area contributed by atoms with E-state index in [9.17, 15) is 19.5 Å². The number of likely N-dealkylation sites (N-methyl/N-ethyl adjacent to an activating group) is 1. The van der Waals surface area contributed by atoms with Gasteiger partial charge in [0.1, 0.15) is 12.6 Å². The van der Waals surface area contributed by atoms with Crippen LogP contribution in [0.5, 0.6) is 0 Å². The number of urea groups is 1. The van der Waals surface area contributed by atoms with Crippen molar-refractivity contribution in [2.24, 2.45) is 0 Å². The number of nitrogens with zero attached hydrogens (tertiary/aromatic N) is 3. The maximum absolute atomic E-state index is 12.4. The Bertz CT molecular complexity index is 439. The normalized spacial score (nSPS) is 25.2. The first-order valence-electron chi connectivity index (χ1n) is 7.07. The van der Waals surface area contributed by atoms with Crippen LogP contribution in [0.25, 0.3) is 0 Å². The van der Waals surface area contributed by atoms with Gasteiger partial charge in [-0.05, 0) is 19.8 Å². The van der Waals surface area contributed by atoms with E-state index in [-0.39, 0.29) is 17.8 Å². The third-order valence-corrected chi connectivity index (χ3v) is 5.10. The number of aliphatic carboxylic acids is 1. The minimum absolute atomic E-state index is 0.000933. The number of carboxylic acid groups (broad SMARTS) is 1. The Labute approximate surface area is 128 Å². The summed E-state index contributed by atoms with van der Waals surface area (Å²) < 4.78 is 0. The molecule has 2 unspecified atom stereocenters. The number of carboxylic acids is 1. The van der Waals surface area contributed by atoms with Gasteiger partial charge in [-0.3, -0.25) is 9.69 Å². The molecule has 2 heterocycles. The third kappa shape index (κ3) is 3.42. The molecule has 21 heavy (non-hydrogen) atoms. The molecule has 0 saturated carbocycles. The van der Waals surface area contributed by atoms with E-state index in [1.807, 2.05) is 6.92 Å². The van der Waals surface area contributed by atoms with Crippen LogP contribution in [-0.4, -0.2) is 81.6 Å². The van der Waals surface area contributed by atoms with E-state index in [1.165, 1.54) is 21.6 Å². The molecule has 7 nitrogen and oxygen atoms in total. The summed E-state index contributed by atoms with van der Waals surface area (Å²) in [6.45, 7) is 3.30. The molecule has 8 heteroatoms. The van der Waals surface area contributed by atoms with Crippen LogP contribution in [0.3, 0.4) is 0 Å². The van der Waals surface area contributed by atoms with Gasteiger partial charge in [-0.2, -0.15) is 0 Å². The number of amides is 3. The molecule has 0 aromatic heterocycles. The summed E-state index contributed by atoms with van der Waals surface area (Å²) in [5, 5.41) is 8.99. The fourth-order valence-corrected chi connectivity index (χ4v) is 3.82. The highest BCUT2D eigenvalue weighted by Gasteiger charge is 2.41. The van der Waals surface area contributed by atoms with E-state index in [4.69, 9.17) is 0 Å². The van der Waals surface area contributed by atoms with Gasteiger partial charge in [-0.1, -0.05) is 0 Å². The maximum Gasteiger partial charge on any atom is 0.327 e. The molecule has 2 fully saturated rings. The first-order chi connectivity index (χ1) is 9.91. The zero-order valence-corrected chi connectivity index (χ0v) is 13.1. The largest absolute Gasteiger partial charge is 0.480 e. The maximum atomic E-state index is 12.4. The first-order valence-corrected chi connectivity index (χ1v) is 8.12. The van der Waals surface area contributed by atoms with E-state index >= 15 is 0 Å². The zero-order chi connectivity index (χ0) is 15.6. The summed E-state index contributed by atoms with van der Waals surface area (Å²) in [6, 6.07) is -1.21. The van der Waals surface area contributed by atoms with Crippen molar-refractivity contribution < 1.29 is 19.5 Å². The molecule has 0 spiro atoms. The van der Waals surface area contributed by atoms with Gasteiger partial charge in [-0.15, -0.1) is 11.8 Å². The van der Waals surface area contributed by atoms with Crippen molar-refractivity contribution in [3.05, 3.63) is 0 Å². The summed E-state index contributed by atoms with van der Waals surface area (Å²) in [7, 11) is 1.55. The molecule has 2 saturated heterocycles. The number of carbonyl (C=O) groups excluding carboxylic acids is 2. The van der Waals surface area contributed by atoms with Crippen molar-refractivity contribution in [1.82, 2.24) is 14.7 Å². The number of thioether (sulfide) groups is 1. The van der Waals surface area contributed by atoms with Gasteiger partial charge in [0.15, 0.2) is 0 Å². The van der Waals surface area contributed by atoms with Crippen molar-refractivity contribution in [2.45, 2.75) is 31.2 Å². The van der Waals surface area contributed by atoms with Crippen LogP contribution in [-0.2, 0) is 9.59 Å². The van der Waals surface area contributed by atoms with E-state index in [0.29, 0.717) is 5.75 Å². The average molecular weight is 315 g/mol.